The minimum atomic E-state index is -0.230. The van der Waals surface area contributed by atoms with Gasteiger partial charge in [0.1, 0.15) is 0 Å². The molecule has 132 valence electrons. The fraction of sp³-hybridized carbons (Fsp3) is 0.100. The Morgan fingerprint density at radius 3 is 2.65 bits per heavy atom. The molecule has 6 heteroatoms. The molecule has 26 heavy (non-hydrogen) atoms. The molecule has 1 amide bonds. The summed E-state index contributed by atoms with van der Waals surface area (Å²) < 4.78 is 1.76. The molecule has 0 atom stereocenters. The highest BCUT2D eigenvalue weighted by Gasteiger charge is 2.05. The maximum atomic E-state index is 12.1. The lowest BCUT2D eigenvalue weighted by Gasteiger charge is -2.15. The SMILES string of the molecule is CN(C)c1ccc(NC(=O)/C=C/c2cnn(-c3ccccc3)c2)cc1Cl. The third-order valence-electron chi connectivity index (χ3n) is 3.75. The summed E-state index contributed by atoms with van der Waals surface area (Å²) in [6.07, 6.45) is 6.76. The fourth-order valence-corrected chi connectivity index (χ4v) is 2.80. The van der Waals surface area contributed by atoms with Crippen molar-refractivity contribution >= 4 is 35.0 Å². The second kappa shape index (κ2) is 7.89. The molecule has 0 aliphatic heterocycles. The van der Waals surface area contributed by atoms with Gasteiger partial charge in [-0.25, -0.2) is 4.68 Å². The van der Waals surface area contributed by atoms with Gasteiger partial charge in [-0.2, -0.15) is 5.10 Å². The minimum absolute atomic E-state index is 0.230. The molecule has 1 aromatic heterocycles. The topological polar surface area (TPSA) is 50.2 Å². The van der Waals surface area contributed by atoms with Crippen LogP contribution in [-0.4, -0.2) is 29.8 Å². The third-order valence-corrected chi connectivity index (χ3v) is 4.05. The maximum Gasteiger partial charge on any atom is 0.248 e. The summed E-state index contributed by atoms with van der Waals surface area (Å²) in [4.78, 5) is 14.0. The monoisotopic (exact) mass is 366 g/mol. The van der Waals surface area contributed by atoms with E-state index in [2.05, 4.69) is 10.4 Å². The van der Waals surface area contributed by atoms with E-state index in [9.17, 15) is 4.79 Å². The van der Waals surface area contributed by atoms with E-state index in [-0.39, 0.29) is 5.91 Å². The summed E-state index contributed by atoms with van der Waals surface area (Å²) >= 11 is 6.22. The van der Waals surface area contributed by atoms with E-state index in [1.54, 1.807) is 23.0 Å². The van der Waals surface area contributed by atoms with Crippen molar-refractivity contribution in [3.63, 3.8) is 0 Å². The summed E-state index contributed by atoms with van der Waals surface area (Å²) in [5.41, 5.74) is 3.35. The maximum absolute atomic E-state index is 12.1. The number of carbonyl (C=O) groups is 1. The number of carbonyl (C=O) groups excluding carboxylic acids is 1. The van der Waals surface area contributed by atoms with Gasteiger partial charge in [0.15, 0.2) is 0 Å². The molecular formula is C20H19ClN4O. The van der Waals surface area contributed by atoms with Crippen LogP contribution in [0.3, 0.4) is 0 Å². The molecule has 5 nitrogen and oxygen atoms in total. The highest BCUT2D eigenvalue weighted by atomic mass is 35.5. The van der Waals surface area contributed by atoms with Gasteiger partial charge in [-0.3, -0.25) is 4.79 Å². The summed E-state index contributed by atoms with van der Waals surface area (Å²) in [6.45, 7) is 0. The van der Waals surface area contributed by atoms with Gasteiger partial charge in [-0.15, -0.1) is 0 Å². The van der Waals surface area contributed by atoms with Crippen molar-refractivity contribution in [2.75, 3.05) is 24.3 Å². The Morgan fingerprint density at radius 2 is 1.96 bits per heavy atom. The molecule has 0 aliphatic carbocycles. The zero-order valence-corrected chi connectivity index (χ0v) is 15.3. The number of aromatic nitrogens is 2. The molecule has 0 spiro atoms. The Morgan fingerprint density at radius 1 is 1.19 bits per heavy atom. The largest absolute Gasteiger partial charge is 0.376 e. The molecule has 0 bridgehead atoms. The van der Waals surface area contributed by atoms with Gasteiger partial charge in [0.05, 0.1) is 22.6 Å². The molecule has 0 fully saturated rings. The lowest BCUT2D eigenvalue weighted by atomic mass is 10.2. The van der Waals surface area contributed by atoms with Crippen LogP contribution in [0.5, 0.6) is 0 Å². The lowest BCUT2D eigenvalue weighted by Crippen LogP contribution is -2.11. The number of halogens is 1. The van der Waals surface area contributed by atoms with Gasteiger partial charge < -0.3 is 10.2 Å². The Balaban J connectivity index is 1.65. The first kappa shape index (κ1) is 17.8. The zero-order valence-electron chi connectivity index (χ0n) is 14.6. The summed E-state index contributed by atoms with van der Waals surface area (Å²) in [5.74, 6) is -0.230. The molecule has 0 saturated heterocycles. The molecular weight excluding hydrogens is 348 g/mol. The Bertz CT molecular complexity index is 932. The standard InChI is InChI=1S/C20H19ClN4O/c1-24(2)19-10-9-16(12-18(19)21)23-20(26)11-8-15-13-22-25(14-15)17-6-4-3-5-7-17/h3-14H,1-2H3,(H,23,26)/b11-8+. The Hall–Kier alpha value is -3.05. The first-order valence-corrected chi connectivity index (χ1v) is 8.47. The predicted octanol–water partition coefficient (Wildman–Crippen LogP) is 4.24. The summed E-state index contributed by atoms with van der Waals surface area (Å²) in [7, 11) is 3.83. The van der Waals surface area contributed by atoms with Crippen LogP contribution in [0.15, 0.2) is 67.0 Å². The van der Waals surface area contributed by atoms with Gasteiger partial charge in [-0.1, -0.05) is 29.8 Å². The van der Waals surface area contributed by atoms with Crippen molar-refractivity contribution in [1.82, 2.24) is 9.78 Å². The molecule has 0 saturated carbocycles. The number of benzene rings is 2. The van der Waals surface area contributed by atoms with E-state index < -0.39 is 0 Å². The third kappa shape index (κ3) is 4.32. The number of hydrogen-bond donors (Lipinski definition) is 1. The van der Waals surface area contributed by atoms with Gasteiger partial charge in [0, 0.05) is 37.6 Å². The first-order chi connectivity index (χ1) is 12.5. The molecule has 3 rings (SSSR count). The van der Waals surface area contributed by atoms with Crippen molar-refractivity contribution in [3.05, 3.63) is 77.6 Å². The van der Waals surface area contributed by atoms with Gasteiger partial charge >= 0.3 is 0 Å². The van der Waals surface area contributed by atoms with Crippen molar-refractivity contribution in [3.8, 4) is 5.69 Å². The molecule has 2 aromatic carbocycles. The van der Waals surface area contributed by atoms with Gasteiger partial charge in [-0.05, 0) is 36.4 Å². The van der Waals surface area contributed by atoms with Crippen LogP contribution in [-0.2, 0) is 4.79 Å². The molecule has 1 heterocycles. The number of nitrogens with zero attached hydrogens (tertiary/aromatic N) is 3. The van der Waals surface area contributed by atoms with Crippen LogP contribution >= 0.6 is 11.6 Å². The molecule has 0 unspecified atom stereocenters. The van der Waals surface area contributed by atoms with Gasteiger partial charge in [0.2, 0.25) is 5.91 Å². The lowest BCUT2D eigenvalue weighted by molar-refractivity contribution is -0.111. The number of amides is 1. The summed E-state index contributed by atoms with van der Waals surface area (Å²) in [5, 5.41) is 7.68. The fourth-order valence-electron chi connectivity index (χ4n) is 2.45. The molecule has 3 aromatic rings. The number of anilines is 2. The van der Waals surface area contributed by atoms with Crippen molar-refractivity contribution in [2.45, 2.75) is 0 Å². The van der Waals surface area contributed by atoms with Crippen LogP contribution < -0.4 is 10.2 Å². The van der Waals surface area contributed by atoms with E-state index >= 15 is 0 Å². The van der Waals surface area contributed by atoms with Crippen LogP contribution in [0.4, 0.5) is 11.4 Å². The quantitative estimate of drug-likeness (QED) is 0.687. The zero-order chi connectivity index (χ0) is 18.5. The second-order valence-corrected chi connectivity index (χ2v) is 6.34. The van der Waals surface area contributed by atoms with E-state index in [1.807, 2.05) is 67.7 Å². The van der Waals surface area contributed by atoms with Crippen LogP contribution in [0, 0.1) is 0 Å². The molecule has 0 aliphatic rings. The average Bonchev–Trinajstić information content (AvgIpc) is 3.09. The van der Waals surface area contributed by atoms with Crippen LogP contribution in [0.1, 0.15) is 5.56 Å². The van der Waals surface area contributed by atoms with E-state index in [4.69, 9.17) is 11.6 Å². The van der Waals surface area contributed by atoms with E-state index in [1.165, 1.54) is 6.08 Å². The van der Waals surface area contributed by atoms with Crippen molar-refractivity contribution < 1.29 is 4.79 Å². The first-order valence-electron chi connectivity index (χ1n) is 8.09. The summed E-state index contributed by atoms with van der Waals surface area (Å²) in [6, 6.07) is 15.2. The average molecular weight is 367 g/mol. The Labute approximate surface area is 157 Å². The van der Waals surface area contributed by atoms with Gasteiger partial charge in [0.25, 0.3) is 0 Å². The number of rotatable bonds is 5. The highest BCUT2D eigenvalue weighted by Crippen LogP contribution is 2.27. The van der Waals surface area contributed by atoms with Crippen LogP contribution in [0.25, 0.3) is 11.8 Å². The smallest absolute Gasteiger partial charge is 0.248 e. The number of para-hydroxylation sites is 1. The number of nitrogens with one attached hydrogen (secondary N) is 1. The second-order valence-electron chi connectivity index (χ2n) is 5.94. The predicted molar refractivity (Wildman–Crippen MR) is 107 cm³/mol. The van der Waals surface area contributed by atoms with Crippen molar-refractivity contribution in [2.24, 2.45) is 0 Å². The van der Waals surface area contributed by atoms with E-state index in [0.717, 1.165) is 16.9 Å². The molecule has 1 N–H and O–H groups in total. The minimum Gasteiger partial charge on any atom is -0.376 e. The van der Waals surface area contributed by atoms with Crippen molar-refractivity contribution in [1.29, 1.82) is 0 Å². The Kier molecular flexibility index (Phi) is 5.39. The highest BCUT2D eigenvalue weighted by molar-refractivity contribution is 6.33. The van der Waals surface area contributed by atoms with E-state index in [0.29, 0.717) is 10.7 Å². The molecule has 0 radical (unpaired) electrons. The normalized spacial score (nSPS) is 10.9. The van der Waals surface area contributed by atoms with Crippen LogP contribution in [0.2, 0.25) is 5.02 Å². The number of hydrogen-bond acceptors (Lipinski definition) is 3.